The minimum absolute atomic E-state index is 0.221. The first kappa shape index (κ1) is 20.0. The molecule has 0 N–H and O–H groups in total. The lowest BCUT2D eigenvalue weighted by atomic mass is 10.2. The van der Waals surface area contributed by atoms with Crippen molar-refractivity contribution in [2.45, 2.75) is 30.0 Å². The third kappa shape index (κ3) is 4.59. The van der Waals surface area contributed by atoms with Crippen molar-refractivity contribution in [1.29, 1.82) is 0 Å². The number of methoxy groups -OCH3 is 1. The van der Waals surface area contributed by atoms with E-state index < -0.39 is 10.0 Å². The highest BCUT2D eigenvalue weighted by Crippen LogP contribution is 2.41. The lowest BCUT2D eigenvalue weighted by Gasteiger charge is -2.23. The monoisotopic (exact) mass is 407 g/mol. The Morgan fingerprint density at radius 1 is 1.07 bits per heavy atom. The molecule has 1 aliphatic rings. The molecule has 7 heteroatoms. The number of hydrogen-bond donors (Lipinski definition) is 0. The Labute approximate surface area is 165 Å². The molecule has 1 atom stereocenters. The van der Waals surface area contributed by atoms with Crippen LogP contribution in [0, 0.1) is 0 Å². The Morgan fingerprint density at radius 2 is 1.74 bits per heavy atom. The van der Waals surface area contributed by atoms with Gasteiger partial charge in [-0.1, -0.05) is 25.5 Å². The van der Waals surface area contributed by atoms with Gasteiger partial charge in [-0.25, -0.2) is 8.42 Å². The molecule has 0 amide bonds. The number of ether oxygens (including phenoxy) is 2. The average Bonchev–Trinajstić information content (AvgIpc) is 3.19. The zero-order valence-corrected chi connectivity index (χ0v) is 17.3. The van der Waals surface area contributed by atoms with Crippen LogP contribution in [-0.4, -0.2) is 38.7 Å². The number of thioether (sulfide) groups is 1. The summed E-state index contributed by atoms with van der Waals surface area (Å²) in [6.07, 6.45) is 2.04. The fraction of sp³-hybridized carbons (Fsp3) is 0.400. The highest BCUT2D eigenvalue weighted by molar-refractivity contribution is 8.01. The van der Waals surface area contributed by atoms with Crippen LogP contribution < -0.4 is 9.47 Å². The van der Waals surface area contributed by atoms with Crippen LogP contribution in [0.4, 0.5) is 0 Å². The zero-order valence-electron chi connectivity index (χ0n) is 15.6. The van der Waals surface area contributed by atoms with Gasteiger partial charge >= 0.3 is 0 Å². The predicted molar refractivity (Wildman–Crippen MR) is 109 cm³/mol. The summed E-state index contributed by atoms with van der Waals surface area (Å²) < 4.78 is 38.7. The molecule has 2 aromatic rings. The molecule has 0 aliphatic carbocycles. The zero-order chi connectivity index (χ0) is 19.3. The molecule has 0 aromatic heterocycles. The van der Waals surface area contributed by atoms with Crippen LogP contribution >= 0.6 is 11.8 Å². The smallest absolute Gasteiger partial charge is 0.244 e. The van der Waals surface area contributed by atoms with Crippen LogP contribution in [0.3, 0.4) is 0 Å². The quantitative estimate of drug-likeness (QED) is 0.610. The molecule has 0 saturated carbocycles. The molecule has 0 spiro atoms. The van der Waals surface area contributed by atoms with Gasteiger partial charge in [-0.3, -0.25) is 0 Å². The fourth-order valence-corrected chi connectivity index (χ4v) is 6.15. The summed E-state index contributed by atoms with van der Waals surface area (Å²) in [5, 5.41) is -0.221. The molecular weight excluding hydrogens is 382 g/mol. The molecule has 1 saturated heterocycles. The van der Waals surface area contributed by atoms with Gasteiger partial charge in [0.2, 0.25) is 10.0 Å². The van der Waals surface area contributed by atoms with Gasteiger partial charge in [-0.2, -0.15) is 4.31 Å². The molecule has 3 rings (SSSR count). The van der Waals surface area contributed by atoms with Crippen LogP contribution in [0.2, 0.25) is 0 Å². The van der Waals surface area contributed by atoms with Crippen LogP contribution in [-0.2, 0) is 10.0 Å². The summed E-state index contributed by atoms with van der Waals surface area (Å²) >= 11 is 1.64. The van der Waals surface area contributed by atoms with Crippen LogP contribution in [0.25, 0.3) is 0 Å². The Hall–Kier alpha value is -1.70. The maximum atomic E-state index is 13.2. The molecule has 0 bridgehead atoms. The standard InChI is InChI=1S/C20H25NO4S2/c1-3-4-14-25-18-9-11-19(12-10-18)27(22,23)21-13-15-26-20(21)16-5-7-17(24-2)8-6-16/h5-12,20H,3-4,13-15H2,1-2H3. The van der Waals surface area contributed by atoms with Gasteiger partial charge in [0.15, 0.2) is 0 Å². The summed E-state index contributed by atoms with van der Waals surface area (Å²) in [5.41, 5.74) is 0.960. The summed E-state index contributed by atoms with van der Waals surface area (Å²) in [4.78, 5) is 0.298. The topological polar surface area (TPSA) is 55.8 Å². The van der Waals surface area contributed by atoms with E-state index in [1.165, 1.54) is 0 Å². The van der Waals surface area contributed by atoms with Gasteiger partial charge in [0.05, 0.1) is 24.0 Å². The van der Waals surface area contributed by atoms with Crippen molar-refractivity contribution in [3.05, 3.63) is 54.1 Å². The largest absolute Gasteiger partial charge is 0.497 e. The average molecular weight is 408 g/mol. The lowest BCUT2D eigenvalue weighted by Crippen LogP contribution is -2.30. The van der Waals surface area contributed by atoms with Crippen LogP contribution in [0.5, 0.6) is 11.5 Å². The number of sulfonamides is 1. The van der Waals surface area contributed by atoms with Crippen LogP contribution in [0.15, 0.2) is 53.4 Å². The van der Waals surface area contributed by atoms with E-state index >= 15 is 0 Å². The van der Waals surface area contributed by atoms with E-state index in [0.29, 0.717) is 23.8 Å². The van der Waals surface area contributed by atoms with Crippen molar-refractivity contribution in [2.24, 2.45) is 0 Å². The first-order chi connectivity index (χ1) is 13.1. The molecule has 27 heavy (non-hydrogen) atoms. The molecule has 146 valence electrons. The van der Waals surface area contributed by atoms with Crippen molar-refractivity contribution in [3.8, 4) is 11.5 Å². The molecular formula is C20H25NO4S2. The number of rotatable bonds is 8. The first-order valence-electron chi connectivity index (χ1n) is 9.06. The molecule has 1 fully saturated rings. The summed E-state index contributed by atoms with van der Waals surface area (Å²) in [6.45, 7) is 3.25. The summed E-state index contributed by atoms with van der Waals surface area (Å²) in [6, 6.07) is 14.3. The minimum atomic E-state index is -3.57. The Kier molecular flexibility index (Phi) is 6.68. The summed E-state index contributed by atoms with van der Waals surface area (Å²) in [7, 11) is -1.95. The molecule has 1 heterocycles. The second-order valence-corrected chi connectivity index (χ2v) is 9.36. The van der Waals surface area contributed by atoms with Crippen molar-refractivity contribution < 1.29 is 17.9 Å². The summed E-state index contributed by atoms with van der Waals surface area (Å²) in [5.74, 6) is 2.23. The maximum absolute atomic E-state index is 13.2. The molecule has 0 radical (unpaired) electrons. The molecule has 1 aliphatic heterocycles. The SMILES string of the molecule is CCCCOc1ccc(S(=O)(=O)N2CCSC2c2ccc(OC)cc2)cc1. The van der Waals surface area contributed by atoms with Gasteiger partial charge in [0, 0.05) is 12.3 Å². The fourth-order valence-electron chi connectivity index (χ4n) is 2.91. The van der Waals surface area contributed by atoms with Gasteiger partial charge in [0.1, 0.15) is 11.5 Å². The Morgan fingerprint density at radius 3 is 2.37 bits per heavy atom. The first-order valence-corrected chi connectivity index (χ1v) is 11.6. The van der Waals surface area contributed by atoms with E-state index in [2.05, 4.69) is 6.92 Å². The molecule has 1 unspecified atom stereocenters. The third-order valence-electron chi connectivity index (χ3n) is 4.45. The van der Waals surface area contributed by atoms with Gasteiger partial charge in [-0.15, -0.1) is 11.8 Å². The van der Waals surface area contributed by atoms with Gasteiger partial charge in [-0.05, 0) is 48.4 Å². The number of hydrogen-bond acceptors (Lipinski definition) is 5. The van der Waals surface area contributed by atoms with Gasteiger partial charge < -0.3 is 9.47 Å². The molecule has 5 nitrogen and oxygen atoms in total. The maximum Gasteiger partial charge on any atom is 0.244 e. The highest BCUT2D eigenvalue weighted by Gasteiger charge is 2.36. The van der Waals surface area contributed by atoms with E-state index in [1.54, 1.807) is 47.4 Å². The number of nitrogens with zero attached hydrogens (tertiary/aromatic N) is 1. The minimum Gasteiger partial charge on any atom is -0.497 e. The van der Waals surface area contributed by atoms with Crippen molar-refractivity contribution >= 4 is 21.8 Å². The van der Waals surface area contributed by atoms with Gasteiger partial charge in [0.25, 0.3) is 0 Å². The normalized spacial score (nSPS) is 17.8. The number of benzene rings is 2. The van der Waals surface area contributed by atoms with Crippen molar-refractivity contribution in [1.82, 2.24) is 4.31 Å². The van der Waals surface area contributed by atoms with E-state index in [9.17, 15) is 8.42 Å². The number of unbranched alkanes of at least 4 members (excludes halogenated alkanes) is 1. The van der Waals surface area contributed by atoms with E-state index in [1.807, 2.05) is 24.3 Å². The second kappa shape index (κ2) is 8.99. The van der Waals surface area contributed by atoms with Crippen molar-refractivity contribution in [2.75, 3.05) is 26.0 Å². The second-order valence-electron chi connectivity index (χ2n) is 6.29. The lowest BCUT2D eigenvalue weighted by molar-refractivity contribution is 0.309. The van der Waals surface area contributed by atoms with Crippen molar-refractivity contribution in [3.63, 3.8) is 0 Å². The van der Waals surface area contributed by atoms with E-state index in [4.69, 9.17) is 9.47 Å². The van der Waals surface area contributed by atoms with Crippen LogP contribution in [0.1, 0.15) is 30.7 Å². The Balaban J connectivity index is 1.78. The third-order valence-corrected chi connectivity index (χ3v) is 7.72. The highest BCUT2D eigenvalue weighted by atomic mass is 32.2. The molecule has 2 aromatic carbocycles. The Bertz CT molecular complexity index is 835. The predicted octanol–water partition coefficient (Wildman–Crippen LogP) is 4.31. The van der Waals surface area contributed by atoms with E-state index in [0.717, 1.165) is 29.9 Å². The van der Waals surface area contributed by atoms with E-state index in [-0.39, 0.29) is 5.37 Å².